The average molecular weight is 119 g/mol. The van der Waals surface area contributed by atoms with E-state index in [4.69, 9.17) is 7.85 Å². The first-order chi connectivity index (χ1) is 4.16. The molecule has 0 saturated carbocycles. The second kappa shape index (κ2) is 4.13. The highest BCUT2D eigenvalue weighted by atomic mass is 14.7. The zero-order valence-electron chi connectivity index (χ0n) is 5.89. The minimum Gasteiger partial charge on any atom is -0.269 e. The summed E-state index contributed by atoms with van der Waals surface area (Å²) in [6.07, 6.45) is 3.62. The van der Waals surface area contributed by atoms with Crippen molar-refractivity contribution in [3.8, 4) is 0 Å². The monoisotopic (exact) mass is 119 g/mol. The second-order valence-electron chi connectivity index (χ2n) is 1.88. The molecular weight excluding hydrogens is 109 g/mol. The smallest absolute Gasteiger partial charge is 0.107 e. The summed E-state index contributed by atoms with van der Waals surface area (Å²) in [4.78, 5) is 3.67. The van der Waals surface area contributed by atoms with Crippen LogP contribution in [-0.2, 0) is 0 Å². The van der Waals surface area contributed by atoms with Crippen LogP contribution >= 0.6 is 0 Å². The summed E-state index contributed by atoms with van der Waals surface area (Å²) >= 11 is 0. The van der Waals surface area contributed by atoms with Gasteiger partial charge in [0.1, 0.15) is 7.85 Å². The zero-order valence-corrected chi connectivity index (χ0v) is 5.89. The van der Waals surface area contributed by atoms with E-state index >= 15 is 0 Å². The molecule has 0 rings (SSSR count). The van der Waals surface area contributed by atoms with Crippen LogP contribution in [0.4, 0.5) is 0 Å². The molecule has 0 heterocycles. The van der Waals surface area contributed by atoms with Gasteiger partial charge >= 0.3 is 0 Å². The van der Waals surface area contributed by atoms with Crippen LogP contribution in [0.2, 0.25) is 0 Å². The van der Waals surface area contributed by atoms with Crippen LogP contribution < -0.4 is 0 Å². The normalized spacial score (nSPS) is 13.6. The lowest BCUT2D eigenvalue weighted by Crippen LogP contribution is -1.69. The van der Waals surface area contributed by atoms with Crippen molar-refractivity contribution in [2.24, 2.45) is 4.99 Å². The number of hydrogen-bond donors (Lipinski definition) is 0. The van der Waals surface area contributed by atoms with Crippen LogP contribution in [0, 0.1) is 0 Å². The van der Waals surface area contributed by atoms with Gasteiger partial charge in [-0.15, -0.1) is 5.47 Å². The standard InChI is InChI=1S/C7H10BN/c1-6(8)4-5-7(2)9-3/h4-5H,3H2,1-2H3/b6-4+,7-5-. The molecule has 0 aliphatic rings. The van der Waals surface area contributed by atoms with E-state index < -0.39 is 0 Å². The fraction of sp³-hybridized carbons (Fsp3) is 0.286. The molecule has 0 saturated heterocycles. The van der Waals surface area contributed by atoms with E-state index in [1.807, 2.05) is 19.9 Å². The summed E-state index contributed by atoms with van der Waals surface area (Å²) in [5.74, 6) is 0. The Morgan fingerprint density at radius 1 is 1.44 bits per heavy atom. The van der Waals surface area contributed by atoms with Gasteiger partial charge in [-0.3, -0.25) is 4.99 Å². The second-order valence-corrected chi connectivity index (χ2v) is 1.88. The highest BCUT2D eigenvalue weighted by Gasteiger charge is 1.75. The van der Waals surface area contributed by atoms with Crippen LogP contribution in [0.3, 0.4) is 0 Å². The Kier molecular flexibility index (Phi) is 3.77. The third-order valence-corrected chi connectivity index (χ3v) is 0.837. The Morgan fingerprint density at radius 3 is 2.33 bits per heavy atom. The van der Waals surface area contributed by atoms with Crippen LogP contribution in [0.25, 0.3) is 0 Å². The van der Waals surface area contributed by atoms with Gasteiger partial charge in [-0.1, -0.05) is 13.0 Å². The van der Waals surface area contributed by atoms with Gasteiger partial charge in [0.25, 0.3) is 0 Å². The van der Waals surface area contributed by atoms with Gasteiger partial charge in [0, 0.05) is 5.70 Å². The Bertz CT molecular complexity index is 152. The van der Waals surface area contributed by atoms with E-state index in [0.717, 1.165) is 11.2 Å². The lowest BCUT2D eigenvalue weighted by Gasteiger charge is -1.85. The third-order valence-electron chi connectivity index (χ3n) is 0.837. The van der Waals surface area contributed by atoms with Crippen LogP contribution in [0.15, 0.2) is 28.3 Å². The third kappa shape index (κ3) is 5.08. The molecule has 0 unspecified atom stereocenters. The molecule has 46 valence electrons. The van der Waals surface area contributed by atoms with Crippen molar-refractivity contribution in [1.82, 2.24) is 0 Å². The van der Waals surface area contributed by atoms with Crippen LogP contribution in [-0.4, -0.2) is 14.6 Å². The van der Waals surface area contributed by atoms with Gasteiger partial charge in [0.2, 0.25) is 0 Å². The molecule has 0 aliphatic carbocycles. The van der Waals surface area contributed by atoms with Gasteiger partial charge in [0.15, 0.2) is 0 Å². The van der Waals surface area contributed by atoms with E-state index in [-0.39, 0.29) is 0 Å². The van der Waals surface area contributed by atoms with Gasteiger partial charge in [-0.05, 0) is 19.7 Å². The van der Waals surface area contributed by atoms with E-state index in [1.54, 1.807) is 6.08 Å². The van der Waals surface area contributed by atoms with Gasteiger partial charge in [-0.2, -0.15) is 0 Å². The molecule has 0 aromatic heterocycles. The van der Waals surface area contributed by atoms with E-state index in [9.17, 15) is 0 Å². The predicted octanol–water partition coefficient (Wildman–Crippen LogP) is 1.66. The summed E-state index contributed by atoms with van der Waals surface area (Å²) in [6.45, 7) is 7.04. The first-order valence-electron chi connectivity index (χ1n) is 2.74. The van der Waals surface area contributed by atoms with Crippen LogP contribution in [0.5, 0.6) is 0 Å². The van der Waals surface area contributed by atoms with Crippen molar-refractivity contribution in [3.05, 3.63) is 23.3 Å². The maximum Gasteiger partial charge on any atom is 0.107 e. The quantitative estimate of drug-likeness (QED) is 0.297. The molecule has 0 N–H and O–H groups in total. The topological polar surface area (TPSA) is 12.4 Å². The number of rotatable bonds is 2. The van der Waals surface area contributed by atoms with Crippen molar-refractivity contribution < 1.29 is 0 Å². The van der Waals surface area contributed by atoms with Crippen molar-refractivity contribution in [3.63, 3.8) is 0 Å². The SMILES string of the molecule is [B]/C(C)=C/C=C(/C)N=C. The average Bonchev–Trinajstić information content (AvgIpc) is 1.83. The maximum atomic E-state index is 5.35. The first kappa shape index (κ1) is 8.21. The van der Waals surface area contributed by atoms with E-state index in [2.05, 4.69) is 11.7 Å². The van der Waals surface area contributed by atoms with Gasteiger partial charge < -0.3 is 0 Å². The Morgan fingerprint density at radius 2 is 2.00 bits per heavy atom. The van der Waals surface area contributed by atoms with Crippen LogP contribution in [0.1, 0.15) is 13.8 Å². The Balaban J connectivity index is 3.98. The van der Waals surface area contributed by atoms with Gasteiger partial charge in [0.05, 0.1) is 0 Å². The van der Waals surface area contributed by atoms with Crippen molar-refractivity contribution in [1.29, 1.82) is 0 Å². The summed E-state index contributed by atoms with van der Waals surface area (Å²) in [5.41, 5.74) is 1.65. The molecule has 2 radical (unpaired) electrons. The molecular formula is C7H10BN. The number of nitrogens with zero attached hydrogens (tertiary/aromatic N) is 1. The van der Waals surface area contributed by atoms with Crippen molar-refractivity contribution in [2.45, 2.75) is 13.8 Å². The summed E-state index contributed by atoms with van der Waals surface area (Å²) in [5, 5.41) is 0. The fourth-order valence-electron chi connectivity index (χ4n) is 0.305. The molecule has 0 bridgehead atoms. The minimum absolute atomic E-state index is 0.776. The van der Waals surface area contributed by atoms with E-state index in [0.29, 0.717) is 0 Å². The molecule has 2 heteroatoms. The predicted molar refractivity (Wildman–Crippen MR) is 42.8 cm³/mol. The largest absolute Gasteiger partial charge is 0.269 e. The fourth-order valence-corrected chi connectivity index (χ4v) is 0.305. The van der Waals surface area contributed by atoms with Crippen molar-refractivity contribution >= 4 is 14.6 Å². The summed E-state index contributed by atoms with van der Waals surface area (Å²) in [6, 6.07) is 0. The molecule has 0 aromatic carbocycles. The number of aliphatic imine (C=N–C) groups is 1. The summed E-state index contributed by atoms with van der Waals surface area (Å²) < 4.78 is 0. The highest BCUT2D eigenvalue weighted by Crippen LogP contribution is 1.94. The molecule has 0 aliphatic heterocycles. The lowest BCUT2D eigenvalue weighted by molar-refractivity contribution is 1.32. The first-order valence-corrected chi connectivity index (χ1v) is 2.74. The minimum atomic E-state index is 0.776. The van der Waals surface area contributed by atoms with Crippen molar-refractivity contribution in [2.75, 3.05) is 0 Å². The number of hydrogen-bond acceptors (Lipinski definition) is 1. The summed E-state index contributed by atoms with van der Waals surface area (Å²) in [7, 11) is 5.35. The number of allylic oxidation sites excluding steroid dienone is 4. The van der Waals surface area contributed by atoms with Gasteiger partial charge in [-0.25, -0.2) is 0 Å². The maximum absolute atomic E-state index is 5.35. The zero-order chi connectivity index (χ0) is 7.28. The highest BCUT2D eigenvalue weighted by molar-refractivity contribution is 6.21. The lowest BCUT2D eigenvalue weighted by atomic mass is 9.98. The Hall–Kier alpha value is -0.785. The molecule has 0 spiro atoms. The molecule has 0 aromatic rings. The molecule has 1 nitrogen and oxygen atoms in total. The molecule has 0 fully saturated rings. The Labute approximate surface area is 57.6 Å². The molecule has 0 atom stereocenters. The molecule has 0 amide bonds. The van der Waals surface area contributed by atoms with E-state index in [1.165, 1.54) is 0 Å². The molecule has 9 heavy (non-hydrogen) atoms.